The molecule has 1 amide bonds. The zero-order valence-corrected chi connectivity index (χ0v) is 16.3. The second-order valence-electron chi connectivity index (χ2n) is 6.45. The SMILES string of the molecule is CCn1cc(C(=O)NCc2nncn2CCCOC)c(=O)c2ccc(C)nc21. The second kappa shape index (κ2) is 8.75. The minimum absolute atomic E-state index is 0.0884. The molecule has 0 bridgehead atoms. The predicted molar refractivity (Wildman–Crippen MR) is 104 cm³/mol. The fourth-order valence-corrected chi connectivity index (χ4v) is 3.00. The van der Waals surface area contributed by atoms with E-state index >= 15 is 0 Å². The van der Waals surface area contributed by atoms with Crippen molar-refractivity contribution in [3.63, 3.8) is 0 Å². The number of aryl methyl sites for hydroxylation is 3. The summed E-state index contributed by atoms with van der Waals surface area (Å²) >= 11 is 0. The van der Waals surface area contributed by atoms with Gasteiger partial charge in [-0.1, -0.05) is 0 Å². The topological polar surface area (TPSA) is 104 Å². The maximum absolute atomic E-state index is 12.8. The van der Waals surface area contributed by atoms with Gasteiger partial charge in [0.05, 0.1) is 11.9 Å². The van der Waals surface area contributed by atoms with E-state index in [2.05, 4.69) is 20.5 Å². The molecule has 0 aliphatic rings. The summed E-state index contributed by atoms with van der Waals surface area (Å²) in [5, 5.41) is 11.1. The fraction of sp³-hybridized carbons (Fsp3) is 0.421. The smallest absolute Gasteiger partial charge is 0.257 e. The third kappa shape index (κ3) is 4.09. The van der Waals surface area contributed by atoms with Crippen LogP contribution in [0.4, 0.5) is 0 Å². The van der Waals surface area contributed by atoms with Gasteiger partial charge in [0.25, 0.3) is 5.91 Å². The minimum Gasteiger partial charge on any atom is -0.385 e. The molecule has 0 aromatic carbocycles. The summed E-state index contributed by atoms with van der Waals surface area (Å²) in [5.41, 5.74) is 1.16. The number of nitrogens with one attached hydrogen (secondary N) is 1. The number of pyridine rings is 2. The lowest BCUT2D eigenvalue weighted by molar-refractivity contribution is 0.0947. The van der Waals surface area contributed by atoms with Crippen molar-refractivity contribution in [2.24, 2.45) is 0 Å². The van der Waals surface area contributed by atoms with Gasteiger partial charge in [-0.25, -0.2) is 4.98 Å². The molecule has 9 nitrogen and oxygen atoms in total. The summed E-state index contributed by atoms with van der Waals surface area (Å²) < 4.78 is 8.72. The minimum atomic E-state index is -0.443. The molecule has 3 heterocycles. The standard InChI is InChI=1S/C19H24N6O3/c1-4-24-11-15(17(26)14-7-6-13(2)22-18(14)24)19(27)20-10-16-23-21-12-25(16)8-5-9-28-3/h6-7,11-12H,4-5,8-10H2,1-3H3,(H,20,27). The van der Waals surface area contributed by atoms with Gasteiger partial charge in [0.2, 0.25) is 5.43 Å². The highest BCUT2D eigenvalue weighted by molar-refractivity contribution is 5.96. The van der Waals surface area contributed by atoms with Crippen molar-refractivity contribution in [2.45, 2.75) is 39.9 Å². The van der Waals surface area contributed by atoms with Gasteiger partial charge < -0.3 is 19.2 Å². The van der Waals surface area contributed by atoms with Crippen LogP contribution in [-0.2, 0) is 24.4 Å². The first-order valence-corrected chi connectivity index (χ1v) is 9.19. The Balaban J connectivity index is 1.81. The molecule has 148 valence electrons. The molecule has 3 rings (SSSR count). The Morgan fingerprint density at radius 3 is 2.86 bits per heavy atom. The molecule has 3 aromatic rings. The first kappa shape index (κ1) is 19.7. The van der Waals surface area contributed by atoms with E-state index in [1.807, 2.05) is 23.0 Å². The van der Waals surface area contributed by atoms with Crippen molar-refractivity contribution in [1.82, 2.24) is 29.6 Å². The molecule has 0 radical (unpaired) electrons. The molecule has 0 aliphatic carbocycles. The van der Waals surface area contributed by atoms with Crippen molar-refractivity contribution >= 4 is 16.9 Å². The molecule has 0 saturated heterocycles. The molecule has 9 heteroatoms. The van der Waals surface area contributed by atoms with E-state index in [0.717, 1.165) is 12.1 Å². The number of hydrogen-bond donors (Lipinski definition) is 1. The molecule has 0 saturated carbocycles. The Morgan fingerprint density at radius 2 is 2.11 bits per heavy atom. The van der Waals surface area contributed by atoms with Crippen molar-refractivity contribution in [3.8, 4) is 0 Å². The highest BCUT2D eigenvalue weighted by atomic mass is 16.5. The maximum Gasteiger partial charge on any atom is 0.257 e. The number of hydrogen-bond acceptors (Lipinski definition) is 6. The van der Waals surface area contributed by atoms with Crippen LogP contribution in [0.1, 0.15) is 35.2 Å². The third-order valence-electron chi connectivity index (χ3n) is 4.50. The number of rotatable bonds is 8. The number of ether oxygens (including phenoxy) is 1. The van der Waals surface area contributed by atoms with Crippen LogP contribution in [0.2, 0.25) is 0 Å². The van der Waals surface area contributed by atoms with E-state index in [-0.39, 0.29) is 17.5 Å². The zero-order chi connectivity index (χ0) is 20.1. The number of fused-ring (bicyclic) bond motifs is 1. The summed E-state index contributed by atoms with van der Waals surface area (Å²) in [6, 6.07) is 3.49. The van der Waals surface area contributed by atoms with Crippen molar-refractivity contribution in [3.05, 3.63) is 52.0 Å². The average Bonchev–Trinajstić information content (AvgIpc) is 3.14. The van der Waals surface area contributed by atoms with E-state index in [1.54, 1.807) is 31.8 Å². The van der Waals surface area contributed by atoms with Crippen LogP contribution in [0.25, 0.3) is 11.0 Å². The Hall–Kier alpha value is -3.07. The summed E-state index contributed by atoms with van der Waals surface area (Å²) in [4.78, 5) is 29.9. The van der Waals surface area contributed by atoms with Crippen molar-refractivity contribution in [1.29, 1.82) is 0 Å². The molecule has 1 N–H and O–H groups in total. The van der Waals surface area contributed by atoms with Gasteiger partial charge in [-0.3, -0.25) is 9.59 Å². The van der Waals surface area contributed by atoms with Gasteiger partial charge in [-0.05, 0) is 32.4 Å². The summed E-state index contributed by atoms with van der Waals surface area (Å²) in [5.74, 6) is 0.180. The lowest BCUT2D eigenvalue weighted by Gasteiger charge is -2.12. The monoisotopic (exact) mass is 384 g/mol. The van der Waals surface area contributed by atoms with E-state index < -0.39 is 5.91 Å². The molecular weight excluding hydrogens is 360 g/mol. The largest absolute Gasteiger partial charge is 0.385 e. The second-order valence-corrected chi connectivity index (χ2v) is 6.45. The molecule has 0 fully saturated rings. The summed E-state index contributed by atoms with van der Waals surface area (Å²) in [6.45, 7) is 5.91. The lowest BCUT2D eigenvalue weighted by atomic mass is 10.1. The Labute approximate surface area is 162 Å². The molecule has 0 spiro atoms. The normalized spacial score (nSPS) is 11.1. The number of aromatic nitrogens is 5. The van der Waals surface area contributed by atoms with Crippen LogP contribution < -0.4 is 10.7 Å². The van der Waals surface area contributed by atoms with Crippen LogP contribution in [0.3, 0.4) is 0 Å². The summed E-state index contributed by atoms with van der Waals surface area (Å²) in [6.07, 6.45) is 3.99. The van der Waals surface area contributed by atoms with Crippen LogP contribution in [0.5, 0.6) is 0 Å². The van der Waals surface area contributed by atoms with Gasteiger partial charge in [0, 0.05) is 38.7 Å². The lowest BCUT2D eigenvalue weighted by Crippen LogP contribution is -2.30. The first-order chi connectivity index (χ1) is 13.5. The van der Waals surface area contributed by atoms with Crippen LogP contribution in [0, 0.1) is 6.92 Å². The van der Waals surface area contributed by atoms with Crippen LogP contribution in [0.15, 0.2) is 29.5 Å². The van der Waals surface area contributed by atoms with Gasteiger partial charge in [-0.15, -0.1) is 10.2 Å². The Morgan fingerprint density at radius 1 is 1.29 bits per heavy atom. The van der Waals surface area contributed by atoms with Gasteiger partial charge >= 0.3 is 0 Å². The fourth-order valence-electron chi connectivity index (χ4n) is 3.00. The van der Waals surface area contributed by atoms with Crippen molar-refractivity contribution < 1.29 is 9.53 Å². The molecule has 28 heavy (non-hydrogen) atoms. The van der Waals surface area contributed by atoms with Crippen molar-refractivity contribution in [2.75, 3.05) is 13.7 Å². The first-order valence-electron chi connectivity index (χ1n) is 9.19. The van der Waals surface area contributed by atoms with Gasteiger partial charge in [0.15, 0.2) is 5.82 Å². The van der Waals surface area contributed by atoms with E-state index in [4.69, 9.17) is 4.74 Å². The number of methoxy groups -OCH3 is 1. The number of nitrogens with zero attached hydrogens (tertiary/aromatic N) is 5. The van der Waals surface area contributed by atoms with Gasteiger partial charge in [0.1, 0.15) is 17.5 Å². The van der Waals surface area contributed by atoms with Crippen LogP contribution >= 0.6 is 0 Å². The molecule has 0 unspecified atom stereocenters. The highest BCUT2D eigenvalue weighted by Crippen LogP contribution is 2.11. The molecule has 0 aliphatic heterocycles. The van der Waals surface area contributed by atoms with Gasteiger partial charge in [-0.2, -0.15) is 0 Å². The Kier molecular flexibility index (Phi) is 6.15. The third-order valence-corrected chi connectivity index (χ3v) is 4.50. The Bertz CT molecular complexity index is 1040. The number of amides is 1. The van der Waals surface area contributed by atoms with E-state index in [9.17, 15) is 9.59 Å². The highest BCUT2D eigenvalue weighted by Gasteiger charge is 2.16. The average molecular weight is 384 g/mol. The van der Waals surface area contributed by atoms with E-state index in [1.165, 1.54) is 0 Å². The van der Waals surface area contributed by atoms with Crippen LogP contribution in [-0.4, -0.2) is 43.9 Å². The quantitative estimate of drug-likeness (QED) is 0.587. The predicted octanol–water partition coefficient (Wildman–Crippen LogP) is 1.28. The maximum atomic E-state index is 12.8. The summed E-state index contributed by atoms with van der Waals surface area (Å²) in [7, 11) is 1.65. The zero-order valence-electron chi connectivity index (χ0n) is 16.3. The molecule has 3 aromatic heterocycles. The van der Waals surface area contributed by atoms with E-state index in [0.29, 0.717) is 36.6 Å². The number of carbonyl (C=O) groups excluding carboxylic acids is 1. The number of carbonyl (C=O) groups is 1. The molecule has 0 atom stereocenters. The molecular formula is C19H24N6O3.